The number of rotatable bonds is 2. The molecule has 108 valence electrons. The third-order valence-electron chi connectivity index (χ3n) is 4.34. The number of hydrogen-bond acceptors (Lipinski definition) is 4. The van der Waals surface area contributed by atoms with Gasteiger partial charge in [0, 0.05) is 16.7 Å². The highest BCUT2D eigenvalue weighted by Gasteiger charge is 2.34. The summed E-state index contributed by atoms with van der Waals surface area (Å²) in [4.78, 5) is 11.3. The van der Waals surface area contributed by atoms with Gasteiger partial charge in [0.1, 0.15) is 0 Å². The van der Waals surface area contributed by atoms with Crippen LogP contribution in [-0.4, -0.2) is 28.4 Å². The van der Waals surface area contributed by atoms with Crippen molar-refractivity contribution < 1.29 is 0 Å². The molecule has 5 heteroatoms. The Balaban J connectivity index is 1.81. The summed E-state index contributed by atoms with van der Waals surface area (Å²) in [5.41, 5.74) is 7.23. The van der Waals surface area contributed by atoms with Crippen LogP contribution in [0.4, 0.5) is 0 Å². The van der Waals surface area contributed by atoms with Gasteiger partial charge in [-0.2, -0.15) is 0 Å². The Morgan fingerprint density at radius 1 is 1.15 bits per heavy atom. The molecule has 1 atom stereocenters. The van der Waals surface area contributed by atoms with Crippen molar-refractivity contribution >= 4 is 21.9 Å². The summed E-state index contributed by atoms with van der Waals surface area (Å²) in [6, 6.07) is 4.86. The van der Waals surface area contributed by atoms with Crippen LogP contribution >= 0.6 is 15.9 Å². The molecule has 1 aromatic heterocycles. The number of nitrogens with zero attached hydrogens (tertiary/aromatic N) is 3. The van der Waals surface area contributed by atoms with Crippen LogP contribution in [0.15, 0.2) is 27.8 Å². The van der Waals surface area contributed by atoms with E-state index < -0.39 is 0 Å². The van der Waals surface area contributed by atoms with Crippen molar-refractivity contribution in [3.05, 3.63) is 28.5 Å². The summed E-state index contributed by atoms with van der Waals surface area (Å²) in [6.07, 6.45) is 9.61. The molecule has 4 nitrogen and oxygen atoms in total. The van der Waals surface area contributed by atoms with Crippen LogP contribution in [0.3, 0.4) is 0 Å². The van der Waals surface area contributed by atoms with E-state index in [-0.39, 0.29) is 6.04 Å². The lowest BCUT2D eigenvalue weighted by Crippen LogP contribution is -2.43. The molecule has 1 fully saturated rings. The van der Waals surface area contributed by atoms with Crippen LogP contribution in [0.1, 0.15) is 50.3 Å². The Morgan fingerprint density at radius 3 is 2.55 bits per heavy atom. The number of hydrogen-bond donors (Lipinski definition) is 1. The molecular weight excluding hydrogens is 316 g/mol. The maximum Gasteiger partial charge on any atom is 0.192 e. The first-order valence-electron chi connectivity index (χ1n) is 7.45. The molecule has 0 aromatic carbocycles. The largest absolute Gasteiger partial charge is 0.370 e. The fraction of sp³-hybridized carbons (Fsp3) is 0.600. The van der Waals surface area contributed by atoms with E-state index in [0.717, 1.165) is 16.7 Å². The van der Waals surface area contributed by atoms with Crippen LogP contribution in [0.2, 0.25) is 0 Å². The second kappa shape index (κ2) is 6.12. The fourth-order valence-electron chi connectivity index (χ4n) is 3.31. The van der Waals surface area contributed by atoms with E-state index in [4.69, 9.17) is 5.73 Å². The molecule has 1 saturated carbocycles. The lowest BCUT2D eigenvalue weighted by molar-refractivity contribution is 0.234. The van der Waals surface area contributed by atoms with Gasteiger partial charge in [0.15, 0.2) is 5.96 Å². The lowest BCUT2D eigenvalue weighted by atomic mass is 10.0. The Bertz CT molecular complexity index is 477. The third-order valence-corrected chi connectivity index (χ3v) is 4.81. The molecule has 1 unspecified atom stereocenters. The topological polar surface area (TPSA) is 54.5 Å². The van der Waals surface area contributed by atoms with Crippen molar-refractivity contribution in [1.29, 1.82) is 0 Å². The van der Waals surface area contributed by atoms with Gasteiger partial charge >= 0.3 is 0 Å². The molecule has 0 bridgehead atoms. The number of halogens is 1. The van der Waals surface area contributed by atoms with E-state index in [1.165, 1.54) is 38.5 Å². The highest BCUT2D eigenvalue weighted by atomic mass is 79.9. The predicted octanol–water partition coefficient (Wildman–Crippen LogP) is 3.24. The SMILES string of the molecule is NC1=NCC(c2ccc(Br)cn2)N1C1CCCCCC1. The molecule has 1 aliphatic heterocycles. The standard InChI is InChI=1S/C15H21BrN4/c16-11-7-8-13(18-9-11)14-10-19-15(17)20(14)12-5-3-1-2-4-6-12/h7-9,12,14H,1-6,10H2,(H2,17,19). The van der Waals surface area contributed by atoms with E-state index in [1.54, 1.807) is 0 Å². The van der Waals surface area contributed by atoms with Crippen LogP contribution in [0, 0.1) is 0 Å². The van der Waals surface area contributed by atoms with E-state index in [0.29, 0.717) is 12.0 Å². The van der Waals surface area contributed by atoms with Gasteiger partial charge in [0.2, 0.25) is 0 Å². The highest BCUT2D eigenvalue weighted by molar-refractivity contribution is 9.10. The Labute approximate surface area is 128 Å². The second-order valence-corrected chi connectivity index (χ2v) is 6.58. The van der Waals surface area contributed by atoms with E-state index in [1.807, 2.05) is 12.3 Å². The smallest absolute Gasteiger partial charge is 0.192 e. The summed E-state index contributed by atoms with van der Waals surface area (Å²) in [6.45, 7) is 0.733. The second-order valence-electron chi connectivity index (χ2n) is 5.67. The average molecular weight is 337 g/mol. The number of nitrogens with two attached hydrogens (primary N) is 1. The molecule has 1 aliphatic carbocycles. The molecule has 0 amide bonds. The minimum Gasteiger partial charge on any atom is -0.370 e. The van der Waals surface area contributed by atoms with Crippen molar-refractivity contribution in [2.75, 3.05) is 6.54 Å². The van der Waals surface area contributed by atoms with Gasteiger partial charge < -0.3 is 10.6 Å². The Morgan fingerprint density at radius 2 is 1.90 bits per heavy atom. The molecule has 1 aromatic rings. The van der Waals surface area contributed by atoms with Crippen molar-refractivity contribution in [2.45, 2.75) is 50.6 Å². The maximum absolute atomic E-state index is 6.16. The predicted molar refractivity (Wildman–Crippen MR) is 84.5 cm³/mol. The molecule has 2 heterocycles. The van der Waals surface area contributed by atoms with Gasteiger partial charge in [-0.3, -0.25) is 9.98 Å². The van der Waals surface area contributed by atoms with Crippen LogP contribution in [0.25, 0.3) is 0 Å². The number of aliphatic imine (C=N–C) groups is 1. The molecule has 20 heavy (non-hydrogen) atoms. The zero-order chi connectivity index (χ0) is 13.9. The molecule has 2 N–H and O–H groups in total. The van der Waals surface area contributed by atoms with Gasteiger partial charge in [-0.15, -0.1) is 0 Å². The first-order valence-corrected chi connectivity index (χ1v) is 8.25. The molecule has 0 saturated heterocycles. The minimum absolute atomic E-state index is 0.214. The summed E-state index contributed by atoms with van der Waals surface area (Å²) in [5.74, 6) is 0.701. The number of aromatic nitrogens is 1. The Hall–Kier alpha value is -1.10. The zero-order valence-corrected chi connectivity index (χ0v) is 13.2. The maximum atomic E-state index is 6.16. The minimum atomic E-state index is 0.214. The third kappa shape index (κ3) is 2.82. The molecule has 2 aliphatic rings. The normalized spacial score (nSPS) is 24.6. The summed E-state index contributed by atoms with van der Waals surface area (Å²) in [7, 11) is 0. The zero-order valence-electron chi connectivity index (χ0n) is 11.6. The molecule has 0 radical (unpaired) electrons. The molecule has 0 spiro atoms. The van der Waals surface area contributed by atoms with Gasteiger partial charge in [-0.05, 0) is 40.9 Å². The van der Waals surface area contributed by atoms with E-state index >= 15 is 0 Å². The highest BCUT2D eigenvalue weighted by Crippen LogP contribution is 2.32. The van der Waals surface area contributed by atoms with Gasteiger partial charge in [0.05, 0.1) is 18.3 Å². The van der Waals surface area contributed by atoms with Crippen LogP contribution in [0.5, 0.6) is 0 Å². The van der Waals surface area contributed by atoms with Crippen molar-refractivity contribution in [3.8, 4) is 0 Å². The number of pyridine rings is 1. The fourth-order valence-corrected chi connectivity index (χ4v) is 3.54. The summed E-state index contributed by atoms with van der Waals surface area (Å²) in [5, 5.41) is 0. The first-order chi connectivity index (χ1) is 9.75. The van der Waals surface area contributed by atoms with E-state index in [2.05, 4.69) is 36.9 Å². The molecule has 3 rings (SSSR count). The van der Waals surface area contributed by atoms with Gasteiger partial charge in [-0.25, -0.2) is 0 Å². The first kappa shape index (κ1) is 13.9. The van der Waals surface area contributed by atoms with Crippen LogP contribution < -0.4 is 5.73 Å². The molecular formula is C15H21BrN4. The van der Waals surface area contributed by atoms with Gasteiger partial charge in [-0.1, -0.05) is 25.7 Å². The quantitative estimate of drug-likeness (QED) is 0.843. The van der Waals surface area contributed by atoms with Crippen molar-refractivity contribution in [3.63, 3.8) is 0 Å². The van der Waals surface area contributed by atoms with Gasteiger partial charge in [0.25, 0.3) is 0 Å². The summed E-state index contributed by atoms with van der Waals surface area (Å²) >= 11 is 3.44. The van der Waals surface area contributed by atoms with Crippen molar-refractivity contribution in [1.82, 2.24) is 9.88 Å². The Kier molecular flexibility index (Phi) is 4.24. The van der Waals surface area contributed by atoms with Crippen molar-refractivity contribution in [2.24, 2.45) is 10.7 Å². The van der Waals surface area contributed by atoms with Crippen LogP contribution in [-0.2, 0) is 0 Å². The monoisotopic (exact) mass is 336 g/mol. The lowest BCUT2D eigenvalue weighted by Gasteiger charge is -2.33. The summed E-state index contributed by atoms with van der Waals surface area (Å²) < 4.78 is 1.01. The number of guanidine groups is 1. The average Bonchev–Trinajstić information content (AvgIpc) is 2.67. The van der Waals surface area contributed by atoms with E-state index in [9.17, 15) is 0 Å².